The van der Waals surface area contributed by atoms with E-state index in [2.05, 4.69) is 16.6 Å². The molecule has 6 nitrogen and oxygen atoms in total. The predicted octanol–water partition coefficient (Wildman–Crippen LogP) is 2.15. The molecule has 0 saturated carbocycles. The van der Waals surface area contributed by atoms with Gasteiger partial charge in [-0.25, -0.2) is 13.1 Å². The van der Waals surface area contributed by atoms with Gasteiger partial charge in [0.1, 0.15) is 0 Å². The van der Waals surface area contributed by atoms with Crippen molar-refractivity contribution in [2.45, 2.75) is 11.4 Å². The number of carbonyl (C=O) groups is 1. The standard InChI is InChI=1S/C19H23N3O3S/c1-4-12-21-26(24,25)18-7-5-6-16(13-18)19(23)20-14-15-8-10-17(11-9-15)22(2)3/h4-11,13,21H,1,12,14H2,2-3H3,(H,20,23). The Balaban J connectivity index is 2.05. The third kappa shape index (κ3) is 5.18. The average molecular weight is 373 g/mol. The van der Waals surface area contributed by atoms with E-state index in [9.17, 15) is 13.2 Å². The van der Waals surface area contributed by atoms with Crippen LogP contribution in [0.25, 0.3) is 0 Å². The van der Waals surface area contributed by atoms with Crippen LogP contribution in [0.15, 0.2) is 66.1 Å². The third-order valence-electron chi connectivity index (χ3n) is 3.73. The highest BCUT2D eigenvalue weighted by Crippen LogP contribution is 2.13. The molecule has 1 amide bonds. The maximum absolute atomic E-state index is 12.3. The minimum absolute atomic E-state index is 0.0438. The van der Waals surface area contributed by atoms with Crippen molar-refractivity contribution in [2.75, 3.05) is 25.5 Å². The molecule has 0 aliphatic heterocycles. The maximum Gasteiger partial charge on any atom is 0.251 e. The summed E-state index contributed by atoms with van der Waals surface area (Å²) >= 11 is 0. The topological polar surface area (TPSA) is 78.5 Å². The largest absolute Gasteiger partial charge is 0.378 e. The Morgan fingerprint density at radius 3 is 2.46 bits per heavy atom. The second-order valence-electron chi connectivity index (χ2n) is 5.91. The summed E-state index contributed by atoms with van der Waals surface area (Å²) in [5.74, 6) is -0.331. The molecule has 0 unspecified atom stereocenters. The first-order valence-corrected chi connectivity index (χ1v) is 9.57. The van der Waals surface area contributed by atoms with Crippen LogP contribution in [0.3, 0.4) is 0 Å². The van der Waals surface area contributed by atoms with Gasteiger partial charge in [0, 0.05) is 38.4 Å². The molecule has 0 bridgehead atoms. The highest BCUT2D eigenvalue weighted by molar-refractivity contribution is 7.89. The molecular weight excluding hydrogens is 350 g/mol. The highest BCUT2D eigenvalue weighted by atomic mass is 32.2. The van der Waals surface area contributed by atoms with Crippen molar-refractivity contribution in [3.63, 3.8) is 0 Å². The van der Waals surface area contributed by atoms with Crippen LogP contribution in [-0.2, 0) is 16.6 Å². The molecule has 7 heteroatoms. The van der Waals surface area contributed by atoms with Crippen LogP contribution in [0.2, 0.25) is 0 Å². The Bertz CT molecular complexity index is 875. The number of hydrogen-bond donors (Lipinski definition) is 2. The fourth-order valence-corrected chi connectivity index (χ4v) is 3.30. The maximum atomic E-state index is 12.3. The first-order valence-electron chi connectivity index (χ1n) is 8.08. The number of benzene rings is 2. The van der Waals surface area contributed by atoms with Crippen LogP contribution in [0, 0.1) is 0 Å². The van der Waals surface area contributed by atoms with E-state index >= 15 is 0 Å². The zero-order chi connectivity index (χ0) is 19.2. The van der Waals surface area contributed by atoms with Gasteiger partial charge in [-0.2, -0.15) is 0 Å². The molecule has 0 fully saturated rings. The van der Waals surface area contributed by atoms with Crippen molar-refractivity contribution in [3.05, 3.63) is 72.3 Å². The lowest BCUT2D eigenvalue weighted by Crippen LogP contribution is -2.25. The van der Waals surface area contributed by atoms with Gasteiger partial charge < -0.3 is 10.2 Å². The van der Waals surface area contributed by atoms with Gasteiger partial charge in [-0.3, -0.25) is 4.79 Å². The molecule has 2 rings (SSSR count). The summed E-state index contributed by atoms with van der Waals surface area (Å²) in [6, 6.07) is 13.8. The van der Waals surface area contributed by atoms with Crippen molar-refractivity contribution in [1.29, 1.82) is 0 Å². The molecule has 0 radical (unpaired) electrons. The summed E-state index contributed by atoms with van der Waals surface area (Å²) < 4.78 is 26.7. The van der Waals surface area contributed by atoms with E-state index < -0.39 is 10.0 Å². The molecule has 0 spiro atoms. The number of amides is 1. The minimum Gasteiger partial charge on any atom is -0.378 e. The number of anilines is 1. The normalized spacial score (nSPS) is 11.0. The Labute approximate surface area is 154 Å². The van der Waals surface area contributed by atoms with Crippen LogP contribution in [0.1, 0.15) is 15.9 Å². The van der Waals surface area contributed by atoms with Gasteiger partial charge >= 0.3 is 0 Å². The summed E-state index contributed by atoms with van der Waals surface area (Å²) in [6.45, 7) is 3.96. The quantitative estimate of drug-likeness (QED) is 0.695. The molecule has 0 aliphatic rings. The summed E-state index contributed by atoms with van der Waals surface area (Å²) in [5.41, 5.74) is 2.32. The molecule has 2 aromatic rings. The van der Waals surface area contributed by atoms with Gasteiger partial charge in [0.25, 0.3) is 5.91 Å². The van der Waals surface area contributed by atoms with Crippen molar-refractivity contribution >= 4 is 21.6 Å². The number of carbonyl (C=O) groups excluding carboxylic acids is 1. The summed E-state index contributed by atoms with van der Waals surface area (Å²) in [7, 11) is 0.256. The molecule has 0 saturated heterocycles. The van der Waals surface area contributed by atoms with Gasteiger partial charge in [0.05, 0.1) is 4.90 Å². The molecule has 0 heterocycles. The molecule has 0 atom stereocenters. The smallest absolute Gasteiger partial charge is 0.251 e. The zero-order valence-electron chi connectivity index (χ0n) is 14.9. The zero-order valence-corrected chi connectivity index (χ0v) is 15.7. The Morgan fingerprint density at radius 2 is 1.85 bits per heavy atom. The van der Waals surface area contributed by atoms with Gasteiger partial charge in [-0.05, 0) is 35.9 Å². The van der Waals surface area contributed by atoms with Gasteiger partial charge in [-0.15, -0.1) is 6.58 Å². The predicted molar refractivity (Wildman–Crippen MR) is 104 cm³/mol. The number of nitrogens with one attached hydrogen (secondary N) is 2. The van der Waals surface area contributed by atoms with Crippen LogP contribution in [0.4, 0.5) is 5.69 Å². The Kier molecular flexibility index (Phi) is 6.54. The van der Waals surface area contributed by atoms with Crippen LogP contribution >= 0.6 is 0 Å². The molecule has 0 aromatic heterocycles. The molecule has 2 aromatic carbocycles. The second kappa shape index (κ2) is 8.64. The van der Waals surface area contributed by atoms with Crippen LogP contribution < -0.4 is 14.9 Å². The fraction of sp³-hybridized carbons (Fsp3) is 0.211. The molecule has 2 N–H and O–H groups in total. The Morgan fingerprint density at radius 1 is 1.15 bits per heavy atom. The number of sulfonamides is 1. The van der Waals surface area contributed by atoms with Crippen molar-refractivity contribution in [1.82, 2.24) is 10.0 Å². The van der Waals surface area contributed by atoms with Crippen molar-refractivity contribution in [3.8, 4) is 0 Å². The van der Waals surface area contributed by atoms with E-state index in [1.54, 1.807) is 12.1 Å². The lowest BCUT2D eigenvalue weighted by Gasteiger charge is -2.13. The molecular formula is C19H23N3O3S. The third-order valence-corrected chi connectivity index (χ3v) is 5.15. The average Bonchev–Trinajstić information content (AvgIpc) is 2.65. The van der Waals surface area contributed by atoms with E-state index in [-0.39, 0.29) is 22.9 Å². The minimum atomic E-state index is -3.66. The number of hydrogen-bond acceptors (Lipinski definition) is 4. The SMILES string of the molecule is C=CCNS(=O)(=O)c1cccc(C(=O)NCc2ccc(N(C)C)cc2)c1. The van der Waals surface area contributed by atoms with Crippen LogP contribution in [0.5, 0.6) is 0 Å². The fourth-order valence-electron chi connectivity index (χ4n) is 2.25. The van der Waals surface area contributed by atoms with E-state index in [1.807, 2.05) is 43.3 Å². The lowest BCUT2D eigenvalue weighted by molar-refractivity contribution is 0.0950. The highest BCUT2D eigenvalue weighted by Gasteiger charge is 2.15. The second-order valence-corrected chi connectivity index (χ2v) is 7.68. The summed E-state index contributed by atoms with van der Waals surface area (Å²) in [5, 5.41) is 2.80. The van der Waals surface area contributed by atoms with E-state index in [0.717, 1.165) is 11.3 Å². The van der Waals surface area contributed by atoms with Crippen molar-refractivity contribution < 1.29 is 13.2 Å². The molecule has 138 valence electrons. The van der Waals surface area contributed by atoms with E-state index in [0.29, 0.717) is 6.54 Å². The van der Waals surface area contributed by atoms with Gasteiger partial charge in [0.2, 0.25) is 10.0 Å². The first-order chi connectivity index (χ1) is 12.3. The van der Waals surface area contributed by atoms with E-state index in [1.165, 1.54) is 18.2 Å². The lowest BCUT2D eigenvalue weighted by atomic mass is 10.1. The van der Waals surface area contributed by atoms with E-state index in [4.69, 9.17) is 0 Å². The Hall–Kier alpha value is -2.64. The molecule has 26 heavy (non-hydrogen) atoms. The molecule has 0 aliphatic carbocycles. The van der Waals surface area contributed by atoms with Crippen LogP contribution in [-0.4, -0.2) is 35.0 Å². The number of nitrogens with zero attached hydrogens (tertiary/aromatic N) is 1. The number of rotatable bonds is 8. The van der Waals surface area contributed by atoms with Gasteiger partial charge in [0.15, 0.2) is 0 Å². The van der Waals surface area contributed by atoms with Gasteiger partial charge in [-0.1, -0.05) is 24.3 Å². The van der Waals surface area contributed by atoms with Crippen molar-refractivity contribution in [2.24, 2.45) is 0 Å². The summed E-state index contributed by atoms with van der Waals surface area (Å²) in [4.78, 5) is 14.4. The first kappa shape index (κ1) is 19.7. The monoisotopic (exact) mass is 373 g/mol. The summed E-state index contributed by atoms with van der Waals surface area (Å²) in [6.07, 6.45) is 1.45.